The maximum atomic E-state index is 12.2. The van der Waals surface area contributed by atoms with E-state index in [1.165, 1.54) is 4.90 Å². The van der Waals surface area contributed by atoms with Crippen LogP contribution < -0.4 is 17.3 Å². The quantitative estimate of drug-likeness (QED) is 0.574. The third-order valence-corrected chi connectivity index (χ3v) is 3.75. The molecule has 1 aromatic rings. The lowest BCUT2D eigenvalue weighted by molar-refractivity contribution is -0.906. The molecule has 5 heteroatoms. The van der Waals surface area contributed by atoms with Gasteiger partial charge in [0.2, 0.25) is 0 Å². The predicted octanol–water partition coefficient (Wildman–Crippen LogP) is -1.78. The number of piperidine rings is 1. The summed E-state index contributed by atoms with van der Waals surface area (Å²) in [6, 6.07) is 5.07. The standard InChI is InChI=1S/C14H20FNO2.ClH/c15-6-2-8-16-7-1-3-12(10-16)11-4-5-13(17)14(18)9-11;/h4-5,9,12,17-18H,1-3,6-8,10H2;1H. The maximum absolute atomic E-state index is 12.2. The van der Waals surface area contributed by atoms with Gasteiger partial charge in [0.25, 0.3) is 0 Å². The van der Waals surface area contributed by atoms with E-state index in [2.05, 4.69) is 0 Å². The lowest BCUT2D eigenvalue weighted by Crippen LogP contribution is -3.13. The van der Waals surface area contributed by atoms with Crippen LogP contribution in [0.3, 0.4) is 0 Å². The SMILES string of the molecule is Oc1ccc(C2CCC[NH+](CCCF)C2)cc1O.[Cl-]. The Hall–Kier alpha value is -1.00. The zero-order valence-electron chi connectivity index (χ0n) is 10.9. The molecule has 1 saturated heterocycles. The minimum Gasteiger partial charge on any atom is -1.00 e. The lowest BCUT2D eigenvalue weighted by Gasteiger charge is -2.30. The summed E-state index contributed by atoms with van der Waals surface area (Å²) in [6.07, 6.45) is 2.86. The van der Waals surface area contributed by atoms with E-state index in [4.69, 9.17) is 0 Å². The molecular formula is C14H21ClFNO2. The number of likely N-dealkylation sites (tertiary alicyclic amines) is 1. The van der Waals surface area contributed by atoms with Gasteiger partial charge >= 0.3 is 0 Å². The second-order valence-corrected chi connectivity index (χ2v) is 5.08. The molecule has 0 bridgehead atoms. The lowest BCUT2D eigenvalue weighted by atomic mass is 9.90. The third kappa shape index (κ3) is 4.25. The number of alkyl halides is 1. The number of phenols is 2. The monoisotopic (exact) mass is 289 g/mol. The van der Waals surface area contributed by atoms with Crippen LogP contribution in [0.25, 0.3) is 0 Å². The minimum absolute atomic E-state index is 0. The molecule has 0 spiro atoms. The fourth-order valence-corrected chi connectivity index (χ4v) is 2.77. The number of hydrogen-bond donors (Lipinski definition) is 3. The van der Waals surface area contributed by atoms with E-state index in [1.54, 1.807) is 12.1 Å². The van der Waals surface area contributed by atoms with Gasteiger partial charge in [-0.25, -0.2) is 0 Å². The number of aromatic hydroxyl groups is 2. The van der Waals surface area contributed by atoms with Gasteiger partial charge in [0.15, 0.2) is 11.5 Å². The van der Waals surface area contributed by atoms with Crippen LogP contribution in [0, 0.1) is 0 Å². The Labute approximate surface area is 119 Å². The fourth-order valence-electron chi connectivity index (χ4n) is 2.77. The second-order valence-electron chi connectivity index (χ2n) is 5.08. The van der Waals surface area contributed by atoms with Crippen LogP contribution in [0.15, 0.2) is 18.2 Å². The topological polar surface area (TPSA) is 44.9 Å². The molecule has 3 N–H and O–H groups in total. The molecular weight excluding hydrogens is 269 g/mol. The van der Waals surface area contributed by atoms with Crippen LogP contribution >= 0.6 is 0 Å². The van der Waals surface area contributed by atoms with Crippen molar-refractivity contribution in [2.75, 3.05) is 26.3 Å². The number of nitrogens with one attached hydrogen (secondary N) is 1. The number of phenolic OH excluding ortho intramolecular Hbond substituents is 2. The Kier molecular flexibility index (Phi) is 6.38. The van der Waals surface area contributed by atoms with E-state index >= 15 is 0 Å². The molecule has 19 heavy (non-hydrogen) atoms. The van der Waals surface area contributed by atoms with Gasteiger partial charge in [0.05, 0.1) is 26.3 Å². The average Bonchev–Trinajstić information content (AvgIpc) is 2.40. The Morgan fingerprint density at radius 3 is 2.74 bits per heavy atom. The van der Waals surface area contributed by atoms with E-state index in [9.17, 15) is 14.6 Å². The zero-order valence-corrected chi connectivity index (χ0v) is 11.7. The van der Waals surface area contributed by atoms with Crippen molar-refractivity contribution in [2.24, 2.45) is 0 Å². The molecule has 0 radical (unpaired) electrons. The van der Waals surface area contributed by atoms with Crippen LogP contribution in [0.1, 0.15) is 30.7 Å². The van der Waals surface area contributed by atoms with Crippen molar-refractivity contribution in [1.29, 1.82) is 0 Å². The van der Waals surface area contributed by atoms with Crippen molar-refractivity contribution in [2.45, 2.75) is 25.2 Å². The first-order valence-electron chi connectivity index (χ1n) is 6.62. The number of rotatable bonds is 4. The normalized spacial score (nSPS) is 22.8. The molecule has 0 saturated carbocycles. The highest BCUT2D eigenvalue weighted by Gasteiger charge is 2.24. The first kappa shape index (κ1) is 16.1. The first-order chi connectivity index (χ1) is 8.70. The molecule has 1 fully saturated rings. The highest BCUT2D eigenvalue weighted by Crippen LogP contribution is 2.30. The van der Waals surface area contributed by atoms with Crippen LogP contribution in [0.2, 0.25) is 0 Å². The molecule has 3 nitrogen and oxygen atoms in total. The zero-order chi connectivity index (χ0) is 13.0. The summed E-state index contributed by atoms with van der Waals surface area (Å²) in [5.41, 5.74) is 1.07. The van der Waals surface area contributed by atoms with Gasteiger partial charge in [0, 0.05) is 12.3 Å². The highest BCUT2D eigenvalue weighted by atomic mass is 35.5. The Morgan fingerprint density at radius 1 is 1.26 bits per heavy atom. The summed E-state index contributed by atoms with van der Waals surface area (Å²) in [4.78, 5) is 1.44. The predicted molar refractivity (Wildman–Crippen MR) is 67.9 cm³/mol. The Morgan fingerprint density at radius 2 is 2.05 bits per heavy atom. The van der Waals surface area contributed by atoms with Gasteiger partial charge in [-0.05, 0) is 30.5 Å². The van der Waals surface area contributed by atoms with E-state index in [1.807, 2.05) is 6.07 Å². The number of benzene rings is 1. The van der Waals surface area contributed by atoms with Gasteiger partial charge < -0.3 is 27.5 Å². The van der Waals surface area contributed by atoms with Crippen molar-refractivity contribution in [3.8, 4) is 11.5 Å². The van der Waals surface area contributed by atoms with Gasteiger partial charge in [-0.15, -0.1) is 0 Å². The minimum atomic E-state index is -0.242. The van der Waals surface area contributed by atoms with E-state index in [-0.39, 0.29) is 30.6 Å². The van der Waals surface area contributed by atoms with Gasteiger partial charge in [-0.2, -0.15) is 0 Å². The summed E-state index contributed by atoms with van der Waals surface area (Å²) in [7, 11) is 0. The molecule has 0 amide bonds. The summed E-state index contributed by atoms with van der Waals surface area (Å²) < 4.78 is 12.2. The molecule has 1 heterocycles. The summed E-state index contributed by atoms with van der Waals surface area (Å²) >= 11 is 0. The summed E-state index contributed by atoms with van der Waals surface area (Å²) in [5.74, 6) is 0.277. The van der Waals surface area contributed by atoms with Gasteiger partial charge in [-0.3, -0.25) is 4.39 Å². The second kappa shape index (κ2) is 7.56. The van der Waals surface area contributed by atoms with Gasteiger partial charge in [0.1, 0.15) is 0 Å². The summed E-state index contributed by atoms with van der Waals surface area (Å²) in [6.45, 7) is 2.75. The third-order valence-electron chi connectivity index (χ3n) is 3.75. The maximum Gasteiger partial charge on any atom is 0.157 e. The first-order valence-corrected chi connectivity index (χ1v) is 6.62. The molecule has 0 aromatic heterocycles. The molecule has 0 aliphatic carbocycles. The van der Waals surface area contributed by atoms with Crippen molar-refractivity contribution >= 4 is 0 Å². The average molecular weight is 290 g/mol. The molecule has 1 aromatic carbocycles. The fraction of sp³-hybridized carbons (Fsp3) is 0.571. The van der Waals surface area contributed by atoms with Crippen molar-refractivity contribution in [1.82, 2.24) is 0 Å². The van der Waals surface area contributed by atoms with Crippen LogP contribution in [-0.4, -0.2) is 36.5 Å². The smallest absolute Gasteiger partial charge is 0.157 e. The largest absolute Gasteiger partial charge is 1.00 e. The number of hydrogen-bond acceptors (Lipinski definition) is 2. The van der Waals surface area contributed by atoms with Crippen LogP contribution in [-0.2, 0) is 0 Å². The van der Waals surface area contributed by atoms with Crippen molar-refractivity contribution in [3.63, 3.8) is 0 Å². The van der Waals surface area contributed by atoms with E-state index < -0.39 is 0 Å². The molecule has 1 aliphatic rings. The van der Waals surface area contributed by atoms with Crippen molar-refractivity contribution < 1.29 is 31.9 Å². The molecule has 1 aliphatic heterocycles. The van der Waals surface area contributed by atoms with Gasteiger partial charge in [-0.1, -0.05) is 6.07 Å². The summed E-state index contributed by atoms with van der Waals surface area (Å²) in [5, 5.41) is 18.8. The van der Waals surface area contributed by atoms with E-state index in [0.717, 1.165) is 38.0 Å². The molecule has 108 valence electrons. The number of halogens is 2. The van der Waals surface area contributed by atoms with Crippen LogP contribution in [0.4, 0.5) is 4.39 Å². The molecule has 2 atom stereocenters. The molecule has 2 rings (SSSR count). The Balaban J connectivity index is 0.00000180. The van der Waals surface area contributed by atoms with E-state index in [0.29, 0.717) is 12.3 Å². The van der Waals surface area contributed by atoms with Crippen LogP contribution in [0.5, 0.6) is 11.5 Å². The van der Waals surface area contributed by atoms with Crippen molar-refractivity contribution in [3.05, 3.63) is 23.8 Å². The number of quaternary nitrogens is 1. The molecule has 2 unspecified atom stereocenters. The highest BCUT2D eigenvalue weighted by molar-refractivity contribution is 5.41. The Bertz CT molecular complexity index is 403.